The fourth-order valence-electron chi connectivity index (χ4n) is 5.43. The highest BCUT2D eigenvalue weighted by atomic mass is 32.2. The van der Waals surface area contributed by atoms with Gasteiger partial charge in [0.25, 0.3) is 0 Å². The van der Waals surface area contributed by atoms with Crippen LogP contribution in [0.2, 0.25) is 0 Å². The van der Waals surface area contributed by atoms with Gasteiger partial charge in [0, 0.05) is 32.1 Å². The Morgan fingerprint density at radius 3 is 2.14 bits per heavy atom. The molecule has 4 rings (SSSR count). The van der Waals surface area contributed by atoms with E-state index in [1.165, 1.54) is 22.7 Å². The molecule has 2 fully saturated rings. The predicted molar refractivity (Wildman–Crippen MR) is 137 cm³/mol. The summed E-state index contributed by atoms with van der Waals surface area (Å²) in [5, 5.41) is 3.97. The quantitative estimate of drug-likeness (QED) is 0.585. The molecule has 2 aliphatic rings. The fourth-order valence-corrected chi connectivity index (χ4v) is 7.15. The largest absolute Gasteiger partial charge is 0.355 e. The highest BCUT2D eigenvalue weighted by molar-refractivity contribution is 7.89. The van der Waals surface area contributed by atoms with Gasteiger partial charge in [0.15, 0.2) is 10.7 Å². The predicted octanol–water partition coefficient (Wildman–Crippen LogP) is 4.88. The second-order valence-electron chi connectivity index (χ2n) is 10.0. The van der Waals surface area contributed by atoms with Crippen molar-refractivity contribution in [3.05, 3.63) is 45.8 Å². The van der Waals surface area contributed by atoms with Crippen molar-refractivity contribution >= 4 is 28.1 Å². The van der Waals surface area contributed by atoms with Crippen molar-refractivity contribution in [3.8, 4) is 0 Å². The summed E-state index contributed by atoms with van der Waals surface area (Å²) in [5.41, 5.74) is 4.82. The minimum absolute atomic E-state index is 0.102. The average molecular weight is 500 g/mol. The Kier molecular flexibility index (Phi) is 7.81. The van der Waals surface area contributed by atoms with Crippen LogP contribution in [-0.2, 0) is 14.8 Å². The second kappa shape index (κ2) is 10.7. The van der Waals surface area contributed by atoms with Crippen LogP contribution in [0.1, 0.15) is 72.2 Å². The molecule has 0 unspecified atom stereocenters. The molecular weight excluding hydrogens is 462 g/mol. The second-order valence-corrected chi connectivity index (χ2v) is 11.9. The summed E-state index contributed by atoms with van der Waals surface area (Å²) in [5.74, 6) is 0.331. The first-order chi connectivity index (χ1) is 16.7. The molecule has 35 heavy (non-hydrogen) atoms. The summed E-state index contributed by atoms with van der Waals surface area (Å²) < 4.78 is 34.1. The van der Waals surface area contributed by atoms with Crippen molar-refractivity contribution < 1.29 is 17.7 Å². The summed E-state index contributed by atoms with van der Waals surface area (Å²) in [6, 6.07) is 4.21. The summed E-state index contributed by atoms with van der Waals surface area (Å²) in [6.45, 7) is 10.1. The molecule has 0 bridgehead atoms. The normalized spacial score (nSPS) is 18.8. The Morgan fingerprint density at radius 1 is 0.943 bits per heavy atom. The van der Waals surface area contributed by atoms with E-state index in [1.807, 2.05) is 24.8 Å². The molecule has 2 aromatic rings. The molecule has 0 N–H and O–H groups in total. The lowest BCUT2D eigenvalue weighted by Crippen LogP contribution is -2.44. The van der Waals surface area contributed by atoms with E-state index in [0.29, 0.717) is 31.6 Å². The number of hydrogen-bond acceptors (Lipinski definition) is 5. The molecule has 1 aromatic heterocycles. The van der Waals surface area contributed by atoms with E-state index in [4.69, 9.17) is 4.52 Å². The van der Waals surface area contributed by atoms with Crippen molar-refractivity contribution in [3.63, 3.8) is 0 Å². The molecule has 190 valence electrons. The molecule has 1 amide bonds. The molecule has 0 saturated carbocycles. The van der Waals surface area contributed by atoms with Gasteiger partial charge in [0.1, 0.15) is 5.69 Å². The zero-order valence-electron chi connectivity index (χ0n) is 21.3. The smallest absolute Gasteiger partial charge is 0.248 e. The first-order valence-corrected chi connectivity index (χ1v) is 14.1. The van der Waals surface area contributed by atoms with Gasteiger partial charge >= 0.3 is 0 Å². The summed E-state index contributed by atoms with van der Waals surface area (Å²) >= 11 is 0. The number of nitrogens with zero attached hydrogens (tertiary/aromatic N) is 3. The van der Waals surface area contributed by atoms with Gasteiger partial charge < -0.3 is 9.42 Å². The van der Waals surface area contributed by atoms with Crippen LogP contribution < -0.4 is 0 Å². The monoisotopic (exact) mass is 499 g/mol. The molecule has 7 nitrogen and oxygen atoms in total. The molecule has 2 aliphatic heterocycles. The first kappa shape index (κ1) is 25.6. The molecule has 8 heteroatoms. The third-order valence-electron chi connectivity index (χ3n) is 7.29. The van der Waals surface area contributed by atoms with E-state index in [9.17, 15) is 13.2 Å². The van der Waals surface area contributed by atoms with E-state index < -0.39 is 10.0 Å². The molecule has 0 aliphatic carbocycles. The maximum Gasteiger partial charge on any atom is 0.248 e. The van der Waals surface area contributed by atoms with Gasteiger partial charge in [-0.2, -0.15) is 4.31 Å². The Morgan fingerprint density at radius 2 is 1.54 bits per heavy atom. The van der Waals surface area contributed by atoms with E-state index in [-0.39, 0.29) is 22.5 Å². The highest BCUT2D eigenvalue weighted by Gasteiger charge is 2.37. The molecule has 0 radical (unpaired) electrons. The number of carbonyl (C=O) groups is 1. The van der Waals surface area contributed by atoms with Gasteiger partial charge in [0.2, 0.25) is 15.9 Å². The van der Waals surface area contributed by atoms with Crippen LogP contribution in [0.5, 0.6) is 0 Å². The lowest BCUT2D eigenvalue weighted by molar-refractivity contribution is -0.136. The van der Waals surface area contributed by atoms with Crippen molar-refractivity contribution in [2.45, 2.75) is 71.1 Å². The number of amides is 1. The van der Waals surface area contributed by atoms with Crippen LogP contribution in [0.4, 0.5) is 0 Å². The van der Waals surface area contributed by atoms with Gasteiger partial charge in [-0.05, 0) is 76.1 Å². The van der Waals surface area contributed by atoms with Crippen LogP contribution >= 0.6 is 0 Å². The number of aryl methyl sites for hydroxylation is 4. The molecule has 3 heterocycles. The van der Waals surface area contributed by atoms with Crippen LogP contribution in [0.15, 0.2) is 21.6 Å². The minimum Gasteiger partial charge on any atom is -0.355 e. The summed E-state index contributed by atoms with van der Waals surface area (Å²) in [7, 11) is -3.79. The van der Waals surface area contributed by atoms with Crippen LogP contribution in [0.25, 0.3) is 12.2 Å². The Labute approximate surface area is 209 Å². The molecule has 0 spiro atoms. The number of sulfonamides is 1. The molecular formula is C27H37N3O4S. The van der Waals surface area contributed by atoms with E-state index in [0.717, 1.165) is 42.6 Å². The average Bonchev–Trinajstić information content (AvgIpc) is 3.01. The number of benzene rings is 1. The SMILES string of the molecule is Cc1cc(C)c(/C=C/c2onc(C)c2S(=O)(=O)N2CCC(C(=O)N3CCCCCC3)CC2)c(C)c1. The molecule has 1 aromatic carbocycles. The standard InChI is InChI=1S/C27H37N3O4S/c1-19-17-20(2)24(21(3)18-19)9-10-25-26(22(4)28-34-25)35(32,33)30-15-11-23(12-16-30)27(31)29-13-7-5-6-8-14-29/h9-10,17-18,23H,5-8,11-16H2,1-4H3/b10-9+. The molecule has 2 saturated heterocycles. The van der Waals surface area contributed by atoms with Crippen LogP contribution in [0, 0.1) is 33.6 Å². The number of likely N-dealkylation sites (tertiary alicyclic amines) is 1. The number of rotatable bonds is 5. The van der Waals surface area contributed by atoms with Crippen molar-refractivity contribution in [2.24, 2.45) is 5.92 Å². The van der Waals surface area contributed by atoms with Crippen LogP contribution in [0.3, 0.4) is 0 Å². The van der Waals surface area contributed by atoms with Gasteiger partial charge in [-0.1, -0.05) is 41.8 Å². The summed E-state index contributed by atoms with van der Waals surface area (Å²) in [6.07, 6.45) is 9.17. The number of carbonyl (C=O) groups excluding carboxylic acids is 1. The lowest BCUT2D eigenvalue weighted by atomic mass is 9.96. The van der Waals surface area contributed by atoms with E-state index in [1.54, 1.807) is 13.0 Å². The number of piperidine rings is 1. The maximum absolute atomic E-state index is 13.6. The van der Waals surface area contributed by atoms with E-state index in [2.05, 4.69) is 24.2 Å². The first-order valence-electron chi connectivity index (χ1n) is 12.7. The van der Waals surface area contributed by atoms with Gasteiger partial charge in [0.05, 0.1) is 0 Å². The maximum atomic E-state index is 13.6. The van der Waals surface area contributed by atoms with Gasteiger partial charge in [-0.25, -0.2) is 8.42 Å². The van der Waals surface area contributed by atoms with Crippen molar-refractivity contribution in [1.29, 1.82) is 0 Å². The van der Waals surface area contributed by atoms with Crippen molar-refractivity contribution in [2.75, 3.05) is 26.2 Å². The van der Waals surface area contributed by atoms with E-state index >= 15 is 0 Å². The number of hydrogen-bond donors (Lipinski definition) is 0. The zero-order valence-corrected chi connectivity index (χ0v) is 22.2. The summed E-state index contributed by atoms with van der Waals surface area (Å²) in [4.78, 5) is 15.1. The highest BCUT2D eigenvalue weighted by Crippen LogP contribution is 2.30. The van der Waals surface area contributed by atoms with Gasteiger partial charge in [-0.3, -0.25) is 4.79 Å². The minimum atomic E-state index is -3.79. The Balaban J connectivity index is 1.49. The molecule has 0 atom stereocenters. The number of aromatic nitrogens is 1. The topological polar surface area (TPSA) is 83.7 Å². The van der Waals surface area contributed by atoms with Crippen LogP contribution in [-0.4, -0.2) is 54.9 Å². The zero-order chi connectivity index (χ0) is 25.2. The third kappa shape index (κ3) is 5.54. The van der Waals surface area contributed by atoms with Gasteiger partial charge in [-0.15, -0.1) is 0 Å². The Hall–Kier alpha value is -2.45. The lowest BCUT2D eigenvalue weighted by Gasteiger charge is -2.33. The third-order valence-corrected chi connectivity index (χ3v) is 9.35. The fraction of sp³-hybridized carbons (Fsp3) is 0.556. The van der Waals surface area contributed by atoms with Crippen molar-refractivity contribution in [1.82, 2.24) is 14.4 Å². The Bertz CT molecular complexity index is 1180.